The molecule has 0 saturated carbocycles. The highest BCUT2D eigenvalue weighted by atomic mass is 32.2. The third-order valence-corrected chi connectivity index (χ3v) is 5.22. The van der Waals surface area contributed by atoms with Gasteiger partial charge in [-0.1, -0.05) is 13.0 Å². The summed E-state index contributed by atoms with van der Waals surface area (Å²) < 4.78 is 55.5. The number of alkyl halides is 2. The molecule has 2 rings (SSSR count). The zero-order chi connectivity index (χ0) is 19.4. The molecule has 0 aliphatic heterocycles. The lowest BCUT2D eigenvalue weighted by molar-refractivity contribution is -0.0230. The van der Waals surface area contributed by atoms with E-state index in [1.165, 1.54) is 18.3 Å². The second-order valence-electron chi connectivity index (χ2n) is 5.82. The van der Waals surface area contributed by atoms with Crippen molar-refractivity contribution < 1.29 is 21.9 Å². The molecule has 2 aromatic heterocycles. The normalized spacial score (nSPS) is 12.0. The predicted octanol–water partition coefficient (Wildman–Crippen LogP) is 3.70. The monoisotopic (exact) mass is 382 g/mol. The molecule has 0 bridgehead atoms. The van der Waals surface area contributed by atoms with E-state index in [9.17, 15) is 17.2 Å². The summed E-state index contributed by atoms with van der Waals surface area (Å²) in [6.45, 7) is 5.18. The van der Waals surface area contributed by atoms with Gasteiger partial charge in [-0.05, 0) is 30.2 Å². The molecule has 0 aliphatic rings. The lowest BCUT2D eigenvalue weighted by Gasteiger charge is -2.13. The van der Waals surface area contributed by atoms with Crippen molar-refractivity contribution in [1.29, 1.82) is 0 Å². The zero-order valence-corrected chi connectivity index (χ0v) is 15.4. The smallest absolute Gasteiger partial charge is 0.278 e. The number of allylic oxidation sites excluding steroid dienone is 1. The van der Waals surface area contributed by atoms with E-state index < -0.39 is 22.4 Å². The fourth-order valence-corrected chi connectivity index (χ4v) is 3.26. The molecule has 8 heteroatoms. The van der Waals surface area contributed by atoms with Gasteiger partial charge in [-0.25, -0.2) is 17.2 Å². The maximum absolute atomic E-state index is 12.8. The molecule has 0 unspecified atom stereocenters. The molecular formula is C18H20F2N2O3S. The van der Waals surface area contributed by atoms with Crippen molar-refractivity contribution in [3.63, 3.8) is 0 Å². The van der Waals surface area contributed by atoms with Gasteiger partial charge in [-0.15, -0.1) is 6.58 Å². The summed E-state index contributed by atoms with van der Waals surface area (Å²) in [4.78, 5) is 8.45. The summed E-state index contributed by atoms with van der Waals surface area (Å²) in [6, 6.07) is 4.51. The van der Waals surface area contributed by atoms with Crippen LogP contribution in [0.15, 0.2) is 48.1 Å². The van der Waals surface area contributed by atoms with Crippen LogP contribution < -0.4 is 4.74 Å². The van der Waals surface area contributed by atoms with Gasteiger partial charge in [0.15, 0.2) is 16.4 Å². The molecule has 0 atom stereocenters. The molecule has 0 N–H and O–H groups in total. The first-order valence-electron chi connectivity index (χ1n) is 7.96. The van der Waals surface area contributed by atoms with Crippen LogP contribution in [0.25, 0.3) is 11.4 Å². The average Bonchev–Trinajstić information content (AvgIpc) is 2.60. The summed E-state index contributed by atoms with van der Waals surface area (Å²) in [5.41, 5.74) is 1.26. The molecule has 0 spiro atoms. The fourth-order valence-electron chi connectivity index (χ4n) is 2.16. The van der Waals surface area contributed by atoms with Gasteiger partial charge >= 0.3 is 0 Å². The van der Waals surface area contributed by atoms with E-state index in [1.807, 2.05) is 0 Å². The topological polar surface area (TPSA) is 69.2 Å². The van der Waals surface area contributed by atoms with Crippen molar-refractivity contribution in [2.45, 2.75) is 31.1 Å². The predicted molar refractivity (Wildman–Crippen MR) is 95.2 cm³/mol. The van der Waals surface area contributed by atoms with Gasteiger partial charge in [-0.2, -0.15) is 0 Å². The van der Waals surface area contributed by atoms with Crippen molar-refractivity contribution >= 4 is 9.84 Å². The number of hydrogen-bond donors (Lipinski definition) is 0. The number of nitrogens with zero attached hydrogens (tertiary/aromatic N) is 2. The zero-order valence-electron chi connectivity index (χ0n) is 14.6. The van der Waals surface area contributed by atoms with Gasteiger partial charge in [0.1, 0.15) is 11.4 Å². The van der Waals surface area contributed by atoms with Gasteiger partial charge in [-0.3, -0.25) is 9.97 Å². The van der Waals surface area contributed by atoms with E-state index in [4.69, 9.17) is 4.74 Å². The molecule has 0 radical (unpaired) electrons. The second-order valence-corrected chi connectivity index (χ2v) is 8.07. The van der Waals surface area contributed by atoms with Crippen molar-refractivity contribution in [1.82, 2.24) is 9.97 Å². The summed E-state index contributed by atoms with van der Waals surface area (Å²) in [7, 11) is -3.52. The van der Waals surface area contributed by atoms with Crippen LogP contribution in [0.3, 0.4) is 0 Å². The van der Waals surface area contributed by atoms with Crippen molar-refractivity contribution in [3.8, 4) is 17.1 Å². The molecule has 0 saturated heterocycles. The molecule has 26 heavy (non-hydrogen) atoms. The first-order chi connectivity index (χ1) is 12.2. The Morgan fingerprint density at radius 3 is 2.54 bits per heavy atom. The Hall–Kier alpha value is -2.35. The molecule has 0 aliphatic carbocycles. The summed E-state index contributed by atoms with van der Waals surface area (Å²) in [5.74, 6) is -2.87. The molecule has 5 nitrogen and oxygen atoms in total. The third kappa shape index (κ3) is 5.08. The average molecular weight is 382 g/mol. The summed E-state index contributed by atoms with van der Waals surface area (Å²) in [5, 5.41) is 0. The number of halogens is 2. The highest BCUT2D eigenvalue weighted by molar-refractivity contribution is 7.91. The summed E-state index contributed by atoms with van der Waals surface area (Å²) in [6.07, 6.45) is 4.98. The highest BCUT2D eigenvalue weighted by Gasteiger charge is 2.23. The SMILES string of the molecule is C=CCc1cnc(-c2ccc(OCC(C)(F)F)cn2)c(S(=O)(=O)CC)c1. The van der Waals surface area contributed by atoms with Crippen LogP contribution in [-0.4, -0.2) is 36.7 Å². The first-order valence-corrected chi connectivity index (χ1v) is 9.61. The first kappa shape index (κ1) is 20.0. The van der Waals surface area contributed by atoms with Crippen LogP contribution in [0.2, 0.25) is 0 Å². The van der Waals surface area contributed by atoms with Crippen molar-refractivity contribution in [2.75, 3.05) is 12.4 Å². The standard InChI is InChI=1S/C18H20F2N2O3S/c1-4-6-13-9-16(26(23,24)5-2)17(22-10-13)15-8-7-14(11-21-15)25-12-18(3,19)20/h4,7-11H,1,5-6,12H2,2-3H3. The molecule has 140 valence electrons. The van der Waals surface area contributed by atoms with Gasteiger partial charge in [0.25, 0.3) is 5.92 Å². The highest BCUT2D eigenvalue weighted by Crippen LogP contribution is 2.27. The minimum absolute atomic E-state index is 0.0774. The van der Waals surface area contributed by atoms with E-state index in [-0.39, 0.29) is 22.1 Å². The molecule has 0 fully saturated rings. The Balaban J connectivity index is 2.39. The van der Waals surface area contributed by atoms with Gasteiger partial charge in [0, 0.05) is 13.1 Å². The van der Waals surface area contributed by atoms with Crippen LogP contribution in [0.5, 0.6) is 5.75 Å². The van der Waals surface area contributed by atoms with E-state index in [0.29, 0.717) is 12.1 Å². The van der Waals surface area contributed by atoms with E-state index >= 15 is 0 Å². The third-order valence-electron chi connectivity index (χ3n) is 3.48. The Bertz CT molecular complexity index is 876. The number of ether oxygens (including phenoxy) is 1. The maximum Gasteiger partial charge on any atom is 0.278 e. The van der Waals surface area contributed by atoms with Crippen molar-refractivity contribution in [2.24, 2.45) is 0 Å². The van der Waals surface area contributed by atoms with Gasteiger partial charge in [0.05, 0.1) is 22.5 Å². The van der Waals surface area contributed by atoms with Crippen LogP contribution >= 0.6 is 0 Å². The van der Waals surface area contributed by atoms with Crippen LogP contribution in [-0.2, 0) is 16.3 Å². The van der Waals surface area contributed by atoms with Crippen LogP contribution in [0, 0.1) is 0 Å². The Morgan fingerprint density at radius 1 is 1.27 bits per heavy atom. The Labute approximate surface area is 151 Å². The van der Waals surface area contributed by atoms with Gasteiger partial charge in [0.2, 0.25) is 0 Å². The number of pyridine rings is 2. The Kier molecular flexibility index (Phi) is 6.07. The minimum Gasteiger partial charge on any atom is -0.486 e. The lowest BCUT2D eigenvalue weighted by Crippen LogP contribution is -2.20. The molecule has 0 aromatic carbocycles. The molecular weight excluding hydrogens is 362 g/mol. The lowest BCUT2D eigenvalue weighted by atomic mass is 10.1. The molecule has 2 heterocycles. The second kappa shape index (κ2) is 7.90. The fraction of sp³-hybridized carbons (Fsp3) is 0.333. The van der Waals surface area contributed by atoms with Crippen LogP contribution in [0.1, 0.15) is 19.4 Å². The number of rotatable bonds is 8. The number of hydrogen-bond acceptors (Lipinski definition) is 5. The number of sulfone groups is 1. The quantitative estimate of drug-likeness (QED) is 0.651. The summed E-state index contributed by atoms with van der Waals surface area (Å²) >= 11 is 0. The van der Waals surface area contributed by atoms with E-state index in [0.717, 1.165) is 12.5 Å². The maximum atomic E-state index is 12.8. The molecule has 2 aromatic rings. The largest absolute Gasteiger partial charge is 0.486 e. The van der Waals surface area contributed by atoms with Crippen LogP contribution in [0.4, 0.5) is 8.78 Å². The Morgan fingerprint density at radius 2 is 2.00 bits per heavy atom. The number of aromatic nitrogens is 2. The minimum atomic E-state index is -3.52. The molecule has 0 amide bonds. The van der Waals surface area contributed by atoms with E-state index in [2.05, 4.69) is 16.5 Å². The van der Waals surface area contributed by atoms with Crippen molar-refractivity contribution in [3.05, 3.63) is 48.8 Å². The van der Waals surface area contributed by atoms with Gasteiger partial charge < -0.3 is 4.74 Å². The van der Waals surface area contributed by atoms with E-state index in [1.54, 1.807) is 25.3 Å².